The Bertz CT molecular complexity index is 958. The van der Waals surface area contributed by atoms with Gasteiger partial charge >= 0.3 is 5.69 Å². The van der Waals surface area contributed by atoms with Crippen LogP contribution in [0.4, 0.5) is 21.6 Å². The lowest BCUT2D eigenvalue weighted by atomic mass is 10.0. The third-order valence-corrected chi connectivity index (χ3v) is 5.64. The number of aromatic amines is 1. The van der Waals surface area contributed by atoms with Crippen LogP contribution in [0.25, 0.3) is 0 Å². The number of anilines is 2. The summed E-state index contributed by atoms with van der Waals surface area (Å²) in [6, 6.07) is 8.24. The first kappa shape index (κ1) is 19.9. The average Bonchev–Trinajstić information content (AvgIpc) is 3.02. The molecule has 9 nitrogen and oxygen atoms in total. The third-order valence-electron chi connectivity index (χ3n) is 5.64. The summed E-state index contributed by atoms with van der Waals surface area (Å²) in [7, 11) is 0. The summed E-state index contributed by atoms with van der Waals surface area (Å²) in [5.41, 5.74) is 0.405. The molecule has 2 aromatic rings. The van der Waals surface area contributed by atoms with Crippen LogP contribution in [0.5, 0.6) is 0 Å². The van der Waals surface area contributed by atoms with Gasteiger partial charge in [0.15, 0.2) is 12.2 Å². The van der Waals surface area contributed by atoms with Crippen molar-refractivity contribution >= 4 is 29.0 Å². The number of carbonyl (C=O) groups excluding carboxylic acids is 2. The zero-order chi connectivity index (χ0) is 21.3. The van der Waals surface area contributed by atoms with Crippen molar-refractivity contribution in [3.05, 3.63) is 58.5 Å². The number of pyridine rings is 1. The maximum absolute atomic E-state index is 13.1. The van der Waals surface area contributed by atoms with E-state index in [1.165, 1.54) is 36.5 Å². The SMILES string of the molecule is O=C1C[C@H]([NH2+]C2CCN(c3ccc([N+](=O)[O-])c[nH+]3)CC2)C(=O)N1c1ccc(F)cc1. The molecule has 10 heteroatoms. The van der Waals surface area contributed by atoms with Crippen LogP contribution in [-0.2, 0) is 9.59 Å². The van der Waals surface area contributed by atoms with E-state index < -0.39 is 16.8 Å². The highest BCUT2D eigenvalue weighted by Crippen LogP contribution is 2.22. The number of hydrogen-bond donors (Lipinski definition) is 1. The predicted octanol–water partition coefficient (Wildman–Crippen LogP) is 0.412. The van der Waals surface area contributed by atoms with E-state index in [0.717, 1.165) is 36.6 Å². The number of amides is 2. The highest BCUT2D eigenvalue weighted by molar-refractivity contribution is 6.21. The van der Waals surface area contributed by atoms with Gasteiger partial charge in [0, 0.05) is 25.0 Å². The maximum Gasteiger partial charge on any atom is 0.308 e. The fourth-order valence-electron chi connectivity index (χ4n) is 4.05. The molecule has 2 aliphatic heterocycles. The molecular formula is C20H22FN5O4+2. The lowest BCUT2D eigenvalue weighted by Crippen LogP contribution is -2.97. The van der Waals surface area contributed by atoms with E-state index in [1.807, 2.05) is 5.32 Å². The van der Waals surface area contributed by atoms with Crippen molar-refractivity contribution in [3.63, 3.8) is 0 Å². The van der Waals surface area contributed by atoms with Gasteiger partial charge in [0.05, 0.1) is 36.2 Å². The first-order valence-electron chi connectivity index (χ1n) is 9.81. The molecule has 0 bridgehead atoms. The molecule has 0 saturated carbocycles. The molecule has 156 valence electrons. The number of rotatable bonds is 5. The van der Waals surface area contributed by atoms with Gasteiger partial charge in [-0.15, -0.1) is 0 Å². The molecule has 0 aliphatic carbocycles. The first-order chi connectivity index (χ1) is 14.4. The van der Waals surface area contributed by atoms with Crippen LogP contribution in [0.1, 0.15) is 19.3 Å². The fourth-order valence-corrected chi connectivity index (χ4v) is 4.05. The number of carbonyl (C=O) groups is 2. The summed E-state index contributed by atoms with van der Waals surface area (Å²) < 4.78 is 13.1. The van der Waals surface area contributed by atoms with Gasteiger partial charge in [0.1, 0.15) is 5.82 Å². The number of nitrogens with one attached hydrogen (secondary N) is 1. The van der Waals surface area contributed by atoms with Crippen molar-refractivity contribution < 1.29 is 29.2 Å². The molecule has 0 radical (unpaired) electrons. The second-order valence-electron chi connectivity index (χ2n) is 7.56. The van der Waals surface area contributed by atoms with Crippen molar-refractivity contribution in [2.75, 3.05) is 22.9 Å². The Morgan fingerprint density at radius 3 is 2.40 bits per heavy atom. The molecule has 2 fully saturated rings. The topological polar surface area (TPSA) is 115 Å². The molecule has 2 aliphatic rings. The number of piperidine rings is 1. The highest BCUT2D eigenvalue weighted by Gasteiger charge is 2.44. The molecule has 1 aromatic carbocycles. The van der Waals surface area contributed by atoms with E-state index in [1.54, 1.807) is 6.07 Å². The third kappa shape index (κ3) is 3.99. The van der Waals surface area contributed by atoms with Gasteiger partial charge in [-0.3, -0.25) is 24.6 Å². The molecule has 1 aromatic heterocycles. The quantitative estimate of drug-likeness (QED) is 0.432. The molecule has 0 unspecified atom stereocenters. The summed E-state index contributed by atoms with van der Waals surface area (Å²) in [5.74, 6) is -0.143. The molecule has 2 amide bonds. The minimum atomic E-state index is -0.468. The number of benzene rings is 1. The molecule has 3 heterocycles. The number of hydrogen-bond acceptors (Lipinski definition) is 5. The van der Waals surface area contributed by atoms with Gasteiger partial charge < -0.3 is 5.32 Å². The minimum Gasteiger partial charge on any atom is -0.333 e. The van der Waals surface area contributed by atoms with E-state index >= 15 is 0 Å². The zero-order valence-electron chi connectivity index (χ0n) is 16.2. The number of halogens is 1. The van der Waals surface area contributed by atoms with E-state index in [0.29, 0.717) is 5.69 Å². The first-order valence-corrected chi connectivity index (χ1v) is 9.81. The van der Waals surface area contributed by atoms with Crippen molar-refractivity contribution in [3.8, 4) is 0 Å². The number of nitrogens with zero attached hydrogens (tertiary/aromatic N) is 3. The Balaban J connectivity index is 1.34. The number of H-pyrrole nitrogens is 1. The number of nitrogens with two attached hydrogens (primary N) is 1. The number of aromatic nitrogens is 1. The van der Waals surface area contributed by atoms with Crippen LogP contribution in [0.15, 0.2) is 42.6 Å². The van der Waals surface area contributed by atoms with Gasteiger partial charge in [0.2, 0.25) is 5.91 Å². The van der Waals surface area contributed by atoms with Crippen molar-refractivity contribution in [1.82, 2.24) is 0 Å². The van der Waals surface area contributed by atoms with Gasteiger partial charge in [-0.05, 0) is 24.3 Å². The van der Waals surface area contributed by atoms with Crippen LogP contribution >= 0.6 is 0 Å². The molecule has 1 atom stereocenters. The standard InChI is InChI=1S/C20H20FN5O4/c21-13-1-3-15(4-2-13)25-19(27)11-17(20(25)28)23-14-7-9-24(10-8-14)18-6-5-16(12-22-18)26(29)30/h1-6,12,14,17,23H,7-11H2/p+2/t17-/m0/s1. The molecule has 3 N–H and O–H groups in total. The number of nitro groups is 1. The summed E-state index contributed by atoms with van der Waals surface area (Å²) in [6.45, 7) is 1.48. The molecule has 4 rings (SSSR count). The normalized spacial score (nSPS) is 20.1. The van der Waals surface area contributed by atoms with Gasteiger partial charge in [-0.25, -0.2) is 14.3 Å². The van der Waals surface area contributed by atoms with Crippen LogP contribution in [0, 0.1) is 15.9 Å². The smallest absolute Gasteiger partial charge is 0.308 e. The molecule has 0 spiro atoms. The lowest BCUT2D eigenvalue weighted by Gasteiger charge is -2.27. The fraction of sp³-hybridized carbons (Fsp3) is 0.350. The summed E-state index contributed by atoms with van der Waals surface area (Å²) in [4.78, 5) is 41.7. The van der Waals surface area contributed by atoms with Gasteiger partial charge in [0.25, 0.3) is 11.7 Å². The minimum absolute atomic E-state index is 0.0112. The monoisotopic (exact) mass is 415 g/mol. The Morgan fingerprint density at radius 1 is 1.10 bits per heavy atom. The zero-order valence-corrected chi connectivity index (χ0v) is 16.2. The second kappa shape index (κ2) is 8.15. The Labute approximate surface area is 171 Å². The number of quaternary nitrogens is 1. The van der Waals surface area contributed by atoms with Crippen LogP contribution < -0.4 is 20.1 Å². The van der Waals surface area contributed by atoms with Gasteiger partial charge in [-0.2, -0.15) is 0 Å². The van der Waals surface area contributed by atoms with Crippen molar-refractivity contribution in [1.29, 1.82) is 0 Å². The van der Waals surface area contributed by atoms with E-state index in [2.05, 4.69) is 9.88 Å². The Morgan fingerprint density at radius 2 is 1.80 bits per heavy atom. The van der Waals surface area contributed by atoms with Crippen molar-refractivity contribution in [2.24, 2.45) is 0 Å². The molecular weight excluding hydrogens is 393 g/mol. The summed E-state index contributed by atoms with van der Waals surface area (Å²) >= 11 is 0. The van der Waals surface area contributed by atoms with Gasteiger partial charge in [-0.1, -0.05) is 0 Å². The Kier molecular flexibility index (Phi) is 5.40. The summed E-state index contributed by atoms with van der Waals surface area (Å²) in [5, 5.41) is 12.7. The molecule has 2 saturated heterocycles. The van der Waals surface area contributed by atoms with Crippen LogP contribution in [0.2, 0.25) is 0 Å². The van der Waals surface area contributed by atoms with E-state index in [9.17, 15) is 24.1 Å². The van der Waals surface area contributed by atoms with Crippen LogP contribution in [-0.4, -0.2) is 41.9 Å². The van der Waals surface area contributed by atoms with E-state index in [-0.39, 0.29) is 30.0 Å². The lowest BCUT2D eigenvalue weighted by molar-refractivity contribution is -0.709. The largest absolute Gasteiger partial charge is 0.333 e. The second-order valence-corrected chi connectivity index (χ2v) is 7.56. The highest BCUT2D eigenvalue weighted by atomic mass is 19.1. The van der Waals surface area contributed by atoms with Crippen LogP contribution in [0.3, 0.4) is 0 Å². The van der Waals surface area contributed by atoms with Crippen molar-refractivity contribution in [2.45, 2.75) is 31.3 Å². The molecule has 30 heavy (non-hydrogen) atoms. The maximum atomic E-state index is 13.1. The summed E-state index contributed by atoms with van der Waals surface area (Å²) in [6.07, 6.45) is 3.14. The van der Waals surface area contributed by atoms with E-state index in [4.69, 9.17) is 0 Å². The average molecular weight is 415 g/mol. The predicted molar refractivity (Wildman–Crippen MR) is 104 cm³/mol. The number of imide groups is 1. The Hall–Kier alpha value is -3.40.